The zero-order valence-corrected chi connectivity index (χ0v) is 9.41. The van der Waals surface area contributed by atoms with Gasteiger partial charge in [0.15, 0.2) is 0 Å². The minimum absolute atomic E-state index is 0.294. The Labute approximate surface area is 90.4 Å². The smallest absolute Gasteiger partial charge is 0.337 e. The number of ether oxygens (including phenoxy) is 1. The molecule has 0 saturated carbocycles. The van der Waals surface area contributed by atoms with Gasteiger partial charge in [-0.25, -0.2) is 4.79 Å². The van der Waals surface area contributed by atoms with Crippen molar-refractivity contribution in [2.75, 3.05) is 13.7 Å². The fourth-order valence-electron chi connectivity index (χ4n) is 1.45. The van der Waals surface area contributed by atoms with Crippen molar-refractivity contribution >= 4 is 5.97 Å². The number of hydrogen-bond acceptors (Lipinski definition) is 3. The molecule has 0 aromatic heterocycles. The first-order chi connectivity index (χ1) is 7.19. The highest BCUT2D eigenvalue weighted by atomic mass is 16.5. The molecule has 0 amide bonds. The van der Waals surface area contributed by atoms with E-state index < -0.39 is 0 Å². The van der Waals surface area contributed by atoms with Crippen molar-refractivity contribution in [3.63, 3.8) is 0 Å². The lowest BCUT2D eigenvalue weighted by molar-refractivity contribution is 0.0600. The van der Waals surface area contributed by atoms with Gasteiger partial charge in [0.25, 0.3) is 0 Å². The Morgan fingerprint density at radius 1 is 1.40 bits per heavy atom. The van der Waals surface area contributed by atoms with E-state index in [9.17, 15) is 4.79 Å². The molecular weight excluding hydrogens is 190 g/mol. The molecule has 1 aromatic rings. The van der Waals surface area contributed by atoms with Crippen LogP contribution in [0.5, 0.6) is 0 Å². The van der Waals surface area contributed by atoms with Gasteiger partial charge in [-0.1, -0.05) is 19.1 Å². The summed E-state index contributed by atoms with van der Waals surface area (Å²) in [5.74, 6) is -0.294. The molecule has 1 aromatic carbocycles. The molecular formula is C12H17NO2. The number of nitrogens with one attached hydrogen (secondary N) is 1. The summed E-state index contributed by atoms with van der Waals surface area (Å²) in [5.41, 5.74) is 1.76. The van der Waals surface area contributed by atoms with Gasteiger partial charge in [-0.3, -0.25) is 0 Å². The van der Waals surface area contributed by atoms with Gasteiger partial charge in [-0.05, 0) is 31.2 Å². The molecule has 0 bridgehead atoms. The topological polar surface area (TPSA) is 38.3 Å². The molecule has 0 aliphatic rings. The van der Waals surface area contributed by atoms with Crippen molar-refractivity contribution in [2.24, 2.45) is 0 Å². The standard InChI is InChI=1S/C12H17NO2/c1-4-13-9(2)10-5-7-11(8-6-10)12(14)15-3/h5-9,13H,4H2,1-3H3/t9-/m0/s1. The number of methoxy groups -OCH3 is 1. The average molecular weight is 207 g/mol. The highest BCUT2D eigenvalue weighted by Crippen LogP contribution is 2.13. The van der Waals surface area contributed by atoms with Crippen molar-refractivity contribution in [3.8, 4) is 0 Å². The van der Waals surface area contributed by atoms with Gasteiger partial charge in [-0.2, -0.15) is 0 Å². The zero-order valence-electron chi connectivity index (χ0n) is 9.41. The van der Waals surface area contributed by atoms with Crippen molar-refractivity contribution in [1.82, 2.24) is 5.32 Å². The van der Waals surface area contributed by atoms with Crippen LogP contribution in [0.4, 0.5) is 0 Å². The fourth-order valence-corrected chi connectivity index (χ4v) is 1.45. The van der Waals surface area contributed by atoms with Crippen LogP contribution < -0.4 is 5.32 Å². The summed E-state index contributed by atoms with van der Waals surface area (Å²) in [6.45, 7) is 5.09. The predicted molar refractivity (Wildman–Crippen MR) is 59.9 cm³/mol. The van der Waals surface area contributed by atoms with Gasteiger partial charge in [-0.15, -0.1) is 0 Å². The molecule has 15 heavy (non-hydrogen) atoms. The third-order valence-corrected chi connectivity index (χ3v) is 2.34. The minimum atomic E-state index is -0.294. The van der Waals surface area contributed by atoms with E-state index in [0.29, 0.717) is 11.6 Å². The van der Waals surface area contributed by atoms with Crippen molar-refractivity contribution in [1.29, 1.82) is 0 Å². The summed E-state index contributed by atoms with van der Waals surface area (Å²) in [5, 5.41) is 3.31. The van der Waals surface area contributed by atoms with Crippen LogP contribution in [0.25, 0.3) is 0 Å². The lowest BCUT2D eigenvalue weighted by Gasteiger charge is -2.12. The fraction of sp³-hybridized carbons (Fsp3) is 0.417. The number of esters is 1. The quantitative estimate of drug-likeness (QED) is 0.769. The second kappa shape index (κ2) is 5.51. The molecule has 0 aliphatic carbocycles. The molecule has 82 valence electrons. The molecule has 0 fully saturated rings. The second-order valence-corrected chi connectivity index (χ2v) is 3.39. The van der Waals surface area contributed by atoms with Gasteiger partial charge in [0.1, 0.15) is 0 Å². The maximum Gasteiger partial charge on any atom is 0.337 e. The van der Waals surface area contributed by atoms with Crippen LogP contribution in [-0.4, -0.2) is 19.6 Å². The lowest BCUT2D eigenvalue weighted by Crippen LogP contribution is -2.17. The van der Waals surface area contributed by atoms with Gasteiger partial charge in [0, 0.05) is 6.04 Å². The van der Waals surface area contributed by atoms with Crippen LogP contribution in [0.1, 0.15) is 35.8 Å². The van der Waals surface area contributed by atoms with Crippen LogP contribution in [-0.2, 0) is 4.74 Å². The van der Waals surface area contributed by atoms with Crippen LogP contribution in [0.2, 0.25) is 0 Å². The third-order valence-electron chi connectivity index (χ3n) is 2.34. The monoisotopic (exact) mass is 207 g/mol. The van der Waals surface area contributed by atoms with Crippen LogP contribution in [0.15, 0.2) is 24.3 Å². The molecule has 0 aliphatic heterocycles. The van der Waals surface area contributed by atoms with Crippen molar-refractivity contribution in [3.05, 3.63) is 35.4 Å². The second-order valence-electron chi connectivity index (χ2n) is 3.39. The van der Waals surface area contributed by atoms with E-state index in [0.717, 1.165) is 6.54 Å². The Morgan fingerprint density at radius 2 is 2.00 bits per heavy atom. The molecule has 0 heterocycles. The molecule has 0 radical (unpaired) electrons. The van der Waals surface area contributed by atoms with Crippen molar-refractivity contribution in [2.45, 2.75) is 19.9 Å². The Bertz CT molecular complexity index is 319. The van der Waals surface area contributed by atoms with E-state index in [2.05, 4.69) is 23.9 Å². The maximum absolute atomic E-state index is 11.2. The first-order valence-electron chi connectivity index (χ1n) is 5.10. The van der Waals surface area contributed by atoms with Gasteiger partial charge in [0.2, 0.25) is 0 Å². The molecule has 0 saturated heterocycles. The van der Waals surface area contributed by atoms with Crippen LogP contribution in [0, 0.1) is 0 Å². The first-order valence-corrected chi connectivity index (χ1v) is 5.10. The molecule has 1 rings (SSSR count). The molecule has 3 heteroatoms. The summed E-state index contributed by atoms with van der Waals surface area (Å²) in [6.07, 6.45) is 0. The van der Waals surface area contributed by atoms with E-state index in [-0.39, 0.29) is 5.97 Å². The van der Waals surface area contributed by atoms with E-state index in [4.69, 9.17) is 0 Å². The normalized spacial score (nSPS) is 12.2. The number of rotatable bonds is 4. The van der Waals surface area contributed by atoms with Gasteiger partial charge >= 0.3 is 5.97 Å². The van der Waals surface area contributed by atoms with E-state index in [1.54, 1.807) is 12.1 Å². The number of carbonyl (C=O) groups is 1. The Balaban J connectivity index is 2.76. The van der Waals surface area contributed by atoms with E-state index in [1.165, 1.54) is 12.7 Å². The molecule has 3 nitrogen and oxygen atoms in total. The summed E-state index contributed by atoms with van der Waals surface area (Å²) in [6, 6.07) is 7.77. The zero-order chi connectivity index (χ0) is 11.3. The minimum Gasteiger partial charge on any atom is -0.465 e. The summed E-state index contributed by atoms with van der Waals surface area (Å²) in [4.78, 5) is 11.2. The van der Waals surface area contributed by atoms with Gasteiger partial charge in [0.05, 0.1) is 12.7 Å². The SMILES string of the molecule is CCN[C@@H](C)c1ccc(C(=O)OC)cc1. The highest BCUT2D eigenvalue weighted by molar-refractivity contribution is 5.89. The third kappa shape index (κ3) is 3.06. The Kier molecular flexibility index (Phi) is 4.31. The molecule has 1 atom stereocenters. The molecule has 0 spiro atoms. The van der Waals surface area contributed by atoms with Crippen LogP contribution in [0.3, 0.4) is 0 Å². The summed E-state index contributed by atoms with van der Waals surface area (Å²) in [7, 11) is 1.39. The lowest BCUT2D eigenvalue weighted by atomic mass is 10.1. The Morgan fingerprint density at radius 3 is 2.47 bits per heavy atom. The van der Waals surface area contributed by atoms with E-state index in [1.807, 2.05) is 12.1 Å². The highest BCUT2D eigenvalue weighted by Gasteiger charge is 2.07. The van der Waals surface area contributed by atoms with E-state index >= 15 is 0 Å². The van der Waals surface area contributed by atoms with Gasteiger partial charge < -0.3 is 10.1 Å². The molecule has 0 unspecified atom stereocenters. The predicted octanol–water partition coefficient (Wildman–Crippen LogP) is 2.14. The van der Waals surface area contributed by atoms with Crippen LogP contribution >= 0.6 is 0 Å². The first kappa shape index (κ1) is 11.7. The average Bonchev–Trinajstić information content (AvgIpc) is 2.28. The number of benzene rings is 1. The summed E-state index contributed by atoms with van der Waals surface area (Å²) >= 11 is 0. The maximum atomic E-state index is 11.2. The number of carbonyl (C=O) groups excluding carboxylic acids is 1. The largest absolute Gasteiger partial charge is 0.465 e. The summed E-state index contributed by atoms with van der Waals surface area (Å²) < 4.78 is 4.63. The number of hydrogen-bond donors (Lipinski definition) is 1. The molecule has 1 N–H and O–H groups in total. The Hall–Kier alpha value is -1.35. The van der Waals surface area contributed by atoms with Crippen molar-refractivity contribution < 1.29 is 9.53 Å².